The van der Waals surface area contributed by atoms with Crippen molar-refractivity contribution < 1.29 is 9.50 Å². The molecule has 0 bridgehead atoms. The maximum absolute atomic E-state index is 13.5. The van der Waals surface area contributed by atoms with Gasteiger partial charge >= 0.3 is 0 Å². The lowest BCUT2D eigenvalue weighted by Gasteiger charge is -2.10. The first-order chi connectivity index (χ1) is 12.1. The van der Waals surface area contributed by atoms with Gasteiger partial charge in [-0.2, -0.15) is 14.6 Å². The first-order valence-corrected chi connectivity index (χ1v) is 8.31. The number of nitrogens with one attached hydrogen (secondary N) is 1. The van der Waals surface area contributed by atoms with Crippen LogP contribution in [-0.4, -0.2) is 42.8 Å². The molecular formula is C17H21FN6O. The Bertz CT molecular complexity index is 863. The van der Waals surface area contributed by atoms with Crippen molar-refractivity contribution in [3.05, 3.63) is 36.0 Å². The summed E-state index contributed by atoms with van der Waals surface area (Å²) in [6.07, 6.45) is 5.97. The van der Waals surface area contributed by atoms with Gasteiger partial charge in [0, 0.05) is 30.5 Å². The molecule has 7 nitrogen and oxygen atoms in total. The third-order valence-electron chi connectivity index (χ3n) is 3.85. The van der Waals surface area contributed by atoms with E-state index in [0.717, 1.165) is 18.2 Å². The minimum atomic E-state index is -0.434. The first-order valence-electron chi connectivity index (χ1n) is 8.31. The smallest absolute Gasteiger partial charge is 0.227 e. The first kappa shape index (κ1) is 17.2. The number of halogens is 1. The van der Waals surface area contributed by atoms with Crippen molar-refractivity contribution in [3.63, 3.8) is 0 Å². The van der Waals surface area contributed by atoms with E-state index >= 15 is 0 Å². The van der Waals surface area contributed by atoms with Crippen LogP contribution in [0.3, 0.4) is 0 Å². The quantitative estimate of drug-likeness (QED) is 0.641. The fraction of sp³-hybridized carbons (Fsp3) is 0.412. The summed E-state index contributed by atoms with van der Waals surface area (Å²) in [5, 5.41) is 16.5. The Morgan fingerprint density at radius 3 is 2.76 bits per heavy atom. The number of hydrogen-bond acceptors (Lipinski definition) is 6. The molecule has 0 aliphatic heterocycles. The highest BCUT2D eigenvalue weighted by Crippen LogP contribution is 2.24. The van der Waals surface area contributed by atoms with Crippen molar-refractivity contribution >= 4 is 11.6 Å². The molecule has 2 N–H and O–H groups in total. The van der Waals surface area contributed by atoms with Crippen molar-refractivity contribution in [2.24, 2.45) is 0 Å². The van der Waals surface area contributed by atoms with E-state index in [4.69, 9.17) is 5.11 Å². The number of pyridine rings is 1. The van der Waals surface area contributed by atoms with E-state index < -0.39 is 5.82 Å². The number of rotatable bonds is 7. The maximum atomic E-state index is 13.5. The van der Waals surface area contributed by atoms with Gasteiger partial charge in [0.15, 0.2) is 11.5 Å². The normalized spacial score (nSPS) is 11.4. The van der Waals surface area contributed by atoms with Crippen LogP contribution in [0.1, 0.15) is 38.2 Å². The number of aromatic nitrogens is 5. The monoisotopic (exact) mass is 344 g/mol. The molecular weight excluding hydrogens is 323 g/mol. The van der Waals surface area contributed by atoms with Gasteiger partial charge < -0.3 is 10.4 Å². The Morgan fingerprint density at radius 1 is 1.20 bits per heavy atom. The molecule has 0 saturated carbocycles. The molecule has 3 rings (SSSR count). The van der Waals surface area contributed by atoms with Crippen LogP contribution >= 0.6 is 0 Å². The zero-order valence-electron chi connectivity index (χ0n) is 14.3. The number of hydrogen-bond donors (Lipinski definition) is 2. The molecule has 0 saturated heterocycles. The van der Waals surface area contributed by atoms with Crippen molar-refractivity contribution in [2.45, 2.75) is 32.6 Å². The molecule has 0 spiro atoms. The largest absolute Gasteiger partial charge is 0.396 e. The molecule has 132 valence electrons. The van der Waals surface area contributed by atoms with Gasteiger partial charge in [-0.3, -0.25) is 4.98 Å². The molecule has 8 heteroatoms. The van der Waals surface area contributed by atoms with Crippen LogP contribution in [0.4, 0.5) is 10.3 Å². The highest BCUT2D eigenvalue weighted by molar-refractivity contribution is 5.61. The van der Waals surface area contributed by atoms with Crippen molar-refractivity contribution in [2.75, 3.05) is 18.5 Å². The zero-order valence-corrected chi connectivity index (χ0v) is 14.3. The van der Waals surface area contributed by atoms with E-state index in [2.05, 4.69) is 39.2 Å². The number of nitrogens with zero attached hydrogens (tertiary/aromatic N) is 5. The summed E-state index contributed by atoms with van der Waals surface area (Å²) in [5.41, 5.74) is 2.19. The summed E-state index contributed by atoms with van der Waals surface area (Å²) < 4.78 is 15.2. The molecule has 3 aromatic rings. The molecule has 0 amide bonds. The summed E-state index contributed by atoms with van der Waals surface area (Å²) in [5.74, 6) is 0.741. The minimum Gasteiger partial charge on any atom is -0.396 e. The number of unbranched alkanes of at least 4 members (excludes halogenated alkanes) is 1. The Labute approximate surface area is 145 Å². The minimum absolute atomic E-state index is 0.153. The van der Waals surface area contributed by atoms with Crippen LogP contribution < -0.4 is 5.32 Å². The maximum Gasteiger partial charge on any atom is 0.227 e. The lowest BCUT2D eigenvalue weighted by Crippen LogP contribution is -2.11. The highest BCUT2D eigenvalue weighted by atomic mass is 19.1. The van der Waals surface area contributed by atoms with Crippen LogP contribution in [0.25, 0.3) is 17.0 Å². The Balaban J connectivity index is 2.06. The van der Waals surface area contributed by atoms with Crippen LogP contribution in [0, 0.1) is 5.82 Å². The number of fused-ring (bicyclic) bond motifs is 1. The van der Waals surface area contributed by atoms with E-state index in [1.807, 2.05) is 0 Å². The second-order valence-electron chi connectivity index (χ2n) is 6.11. The van der Waals surface area contributed by atoms with Gasteiger partial charge in [0.2, 0.25) is 5.95 Å². The van der Waals surface area contributed by atoms with Crippen molar-refractivity contribution in [1.29, 1.82) is 0 Å². The zero-order chi connectivity index (χ0) is 17.8. The topological polar surface area (TPSA) is 88.2 Å². The molecule has 25 heavy (non-hydrogen) atoms. The lowest BCUT2D eigenvalue weighted by molar-refractivity contribution is 0.286. The molecule has 0 aromatic carbocycles. The summed E-state index contributed by atoms with van der Waals surface area (Å²) in [6.45, 7) is 4.93. The van der Waals surface area contributed by atoms with Crippen molar-refractivity contribution in [1.82, 2.24) is 24.6 Å². The number of aliphatic hydroxyl groups is 1. The molecule has 3 aromatic heterocycles. The Kier molecular flexibility index (Phi) is 5.18. The fourth-order valence-electron chi connectivity index (χ4n) is 2.52. The molecule has 0 aliphatic carbocycles. The molecule has 0 radical (unpaired) electrons. The third kappa shape index (κ3) is 3.74. The van der Waals surface area contributed by atoms with E-state index in [-0.39, 0.29) is 12.5 Å². The third-order valence-corrected chi connectivity index (χ3v) is 3.85. The van der Waals surface area contributed by atoms with Gasteiger partial charge in [-0.25, -0.2) is 9.37 Å². The molecule has 0 aliphatic rings. The SMILES string of the molecule is CC(C)c1cnn2c(NCCCCO)nc(-c3cncc(F)c3)nc12. The molecule has 0 atom stereocenters. The second-order valence-corrected chi connectivity index (χ2v) is 6.11. The molecule has 3 heterocycles. The van der Waals surface area contributed by atoms with E-state index in [0.29, 0.717) is 35.9 Å². The number of aliphatic hydroxyl groups excluding tert-OH is 1. The van der Waals surface area contributed by atoms with Gasteiger partial charge in [0.1, 0.15) is 5.82 Å². The Morgan fingerprint density at radius 2 is 2.04 bits per heavy atom. The van der Waals surface area contributed by atoms with Crippen LogP contribution in [0.5, 0.6) is 0 Å². The highest BCUT2D eigenvalue weighted by Gasteiger charge is 2.16. The summed E-state index contributed by atoms with van der Waals surface area (Å²) >= 11 is 0. The average Bonchev–Trinajstić information content (AvgIpc) is 3.03. The Hall–Kier alpha value is -2.61. The van der Waals surface area contributed by atoms with Crippen LogP contribution in [0.15, 0.2) is 24.7 Å². The van der Waals surface area contributed by atoms with Gasteiger partial charge in [-0.05, 0) is 24.8 Å². The van der Waals surface area contributed by atoms with Crippen molar-refractivity contribution in [3.8, 4) is 11.4 Å². The fourth-order valence-corrected chi connectivity index (χ4v) is 2.52. The molecule has 0 fully saturated rings. The predicted octanol–water partition coefficient (Wildman–Crippen LogP) is 2.63. The van der Waals surface area contributed by atoms with Gasteiger partial charge in [-0.1, -0.05) is 13.8 Å². The predicted molar refractivity (Wildman–Crippen MR) is 92.9 cm³/mol. The van der Waals surface area contributed by atoms with E-state index in [9.17, 15) is 4.39 Å². The summed E-state index contributed by atoms with van der Waals surface area (Å²) in [4.78, 5) is 12.9. The average molecular weight is 344 g/mol. The van der Waals surface area contributed by atoms with Gasteiger partial charge in [0.25, 0.3) is 0 Å². The summed E-state index contributed by atoms with van der Waals surface area (Å²) in [6, 6.07) is 1.36. The second kappa shape index (κ2) is 7.52. The van der Waals surface area contributed by atoms with Gasteiger partial charge in [-0.15, -0.1) is 0 Å². The number of anilines is 1. The molecule has 0 unspecified atom stereocenters. The summed E-state index contributed by atoms with van der Waals surface area (Å²) in [7, 11) is 0. The van der Waals surface area contributed by atoms with Crippen LogP contribution in [-0.2, 0) is 0 Å². The van der Waals surface area contributed by atoms with E-state index in [1.54, 1.807) is 10.7 Å². The lowest BCUT2D eigenvalue weighted by atomic mass is 10.1. The van der Waals surface area contributed by atoms with Gasteiger partial charge in [0.05, 0.1) is 12.4 Å². The van der Waals surface area contributed by atoms with E-state index in [1.165, 1.54) is 12.3 Å². The standard InChI is InChI=1S/C17H21FN6O/c1-11(2)14-10-21-24-16(14)22-15(12-7-13(18)9-19-8-12)23-17(24)20-5-3-4-6-25/h7-11,25H,3-6H2,1-2H3,(H,20,22,23). The van der Waals surface area contributed by atoms with Crippen LogP contribution in [0.2, 0.25) is 0 Å².